The van der Waals surface area contributed by atoms with Crippen molar-refractivity contribution in [3.8, 4) is 0 Å². The Morgan fingerprint density at radius 3 is 2.07 bits per heavy atom. The summed E-state index contributed by atoms with van der Waals surface area (Å²) in [7, 11) is -3.57. The average molecular weight is 609 g/mol. The third kappa shape index (κ3) is 10.8. The van der Waals surface area contributed by atoms with Crippen molar-refractivity contribution in [1.82, 2.24) is 10.6 Å². The zero-order chi connectivity index (χ0) is 31.6. The first-order valence-corrected chi connectivity index (χ1v) is 17.4. The van der Waals surface area contributed by atoms with Crippen LogP contribution in [-0.4, -0.2) is 70.8 Å². The number of rotatable bonds is 15. The molecule has 1 aliphatic carbocycles. The monoisotopic (exact) mass is 608 g/mol. The number of para-hydroxylation sites is 1. The van der Waals surface area contributed by atoms with Crippen LogP contribution < -0.4 is 21.3 Å². The van der Waals surface area contributed by atoms with Crippen LogP contribution in [0.3, 0.4) is 0 Å². The molecular formula is C31H53N4O6P. The Balaban J connectivity index is 2.24. The minimum absolute atomic E-state index is 0.129. The Morgan fingerprint density at radius 2 is 1.55 bits per heavy atom. The smallest absolute Gasteiger partial charge is 0.250 e. The molecule has 2 rings (SSSR count). The van der Waals surface area contributed by atoms with Crippen molar-refractivity contribution < 1.29 is 28.9 Å². The minimum atomic E-state index is -3.57. The van der Waals surface area contributed by atoms with Gasteiger partial charge in [-0.3, -0.25) is 23.8 Å². The molecule has 10 nitrogen and oxygen atoms in total. The predicted octanol–water partition coefficient (Wildman–Crippen LogP) is 3.50. The third-order valence-electron chi connectivity index (χ3n) is 7.98. The molecule has 6 N–H and O–H groups in total. The van der Waals surface area contributed by atoms with Crippen LogP contribution >= 0.6 is 7.37 Å². The lowest BCUT2D eigenvalue weighted by Crippen LogP contribution is -2.61. The summed E-state index contributed by atoms with van der Waals surface area (Å²) in [6.45, 7) is 10.7. The Labute approximate surface area is 251 Å². The second-order valence-electron chi connectivity index (χ2n) is 12.8. The number of nitrogens with zero attached hydrogens (tertiary/aromatic N) is 1. The molecule has 42 heavy (non-hydrogen) atoms. The Morgan fingerprint density at radius 1 is 0.952 bits per heavy atom. The summed E-state index contributed by atoms with van der Waals surface area (Å²) >= 11 is 0. The number of aliphatic hydroxyl groups excluding tert-OH is 1. The van der Waals surface area contributed by atoms with Crippen LogP contribution in [0.1, 0.15) is 73.6 Å². The second-order valence-corrected chi connectivity index (χ2v) is 15.3. The van der Waals surface area contributed by atoms with Gasteiger partial charge in [-0.2, -0.15) is 0 Å². The van der Waals surface area contributed by atoms with Crippen molar-refractivity contribution >= 4 is 30.8 Å². The molecule has 0 heterocycles. The highest BCUT2D eigenvalue weighted by molar-refractivity contribution is 7.58. The second kappa shape index (κ2) is 16.6. The summed E-state index contributed by atoms with van der Waals surface area (Å²) in [5, 5.41) is 16.1. The van der Waals surface area contributed by atoms with Gasteiger partial charge in [0.05, 0.1) is 18.3 Å². The minimum Gasteiger partial charge on any atom is -0.391 e. The van der Waals surface area contributed by atoms with E-state index in [1.165, 1.54) is 4.90 Å². The molecule has 0 spiro atoms. The normalized spacial score (nSPS) is 18.7. The molecule has 0 aromatic heterocycles. The zero-order valence-electron chi connectivity index (χ0n) is 26.2. The van der Waals surface area contributed by atoms with E-state index in [2.05, 4.69) is 10.6 Å². The van der Waals surface area contributed by atoms with Crippen LogP contribution in [0.4, 0.5) is 5.69 Å². The Hall–Kier alpha value is -2.26. The summed E-state index contributed by atoms with van der Waals surface area (Å²) in [4.78, 5) is 52.6. The number of nitrogens with two attached hydrogens (primary N) is 1. The highest BCUT2D eigenvalue weighted by Gasteiger charge is 2.39. The molecule has 11 heteroatoms. The highest BCUT2D eigenvalue weighted by Crippen LogP contribution is 2.45. The van der Waals surface area contributed by atoms with E-state index in [0.717, 1.165) is 32.1 Å². The summed E-state index contributed by atoms with van der Waals surface area (Å²) < 4.78 is 12.9. The van der Waals surface area contributed by atoms with Crippen LogP contribution in [0.2, 0.25) is 0 Å². The number of amides is 3. The van der Waals surface area contributed by atoms with Crippen LogP contribution in [0.15, 0.2) is 30.3 Å². The number of hydrogen-bond donors (Lipinski definition) is 5. The highest BCUT2D eigenvalue weighted by atomic mass is 31.2. The van der Waals surface area contributed by atoms with Gasteiger partial charge in [-0.15, -0.1) is 0 Å². The van der Waals surface area contributed by atoms with E-state index >= 15 is 0 Å². The van der Waals surface area contributed by atoms with Crippen molar-refractivity contribution in [1.29, 1.82) is 0 Å². The Kier molecular flexibility index (Phi) is 14.2. The summed E-state index contributed by atoms with van der Waals surface area (Å²) in [6.07, 6.45) is 3.81. The van der Waals surface area contributed by atoms with E-state index in [4.69, 9.17) is 5.73 Å². The van der Waals surface area contributed by atoms with Gasteiger partial charge in [-0.05, 0) is 48.6 Å². The van der Waals surface area contributed by atoms with Gasteiger partial charge in [0.1, 0.15) is 12.1 Å². The number of benzene rings is 1. The molecule has 5 atom stereocenters. The van der Waals surface area contributed by atoms with Crippen molar-refractivity contribution in [3.63, 3.8) is 0 Å². The zero-order valence-corrected chi connectivity index (χ0v) is 27.1. The van der Waals surface area contributed by atoms with Crippen LogP contribution in [-0.2, 0) is 18.9 Å². The lowest BCUT2D eigenvalue weighted by molar-refractivity contribution is -0.131. The van der Waals surface area contributed by atoms with Crippen molar-refractivity contribution in [2.45, 2.75) is 97.9 Å². The largest absolute Gasteiger partial charge is 0.391 e. The number of carbonyl (C=O) groups is 3. The predicted molar refractivity (Wildman–Crippen MR) is 167 cm³/mol. The van der Waals surface area contributed by atoms with Gasteiger partial charge in [0.25, 0.3) is 5.91 Å². The van der Waals surface area contributed by atoms with Crippen LogP contribution in [0.5, 0.6) is 0 Å². The fourth-order valence-corrected chi connectivity index (χ4v) is 7.62. The fraction of sp³-hybridized carbons (Fsp3) is 0.710. The molecule has 1 aliphatic rings. The fourth-order valence-electron chi connectivity index (χ4n) is 5.51. The molecule has 0 saturated heterocycles. The average Bonchev–Trinajstić information content (AvgIpc) is 2.92. The summed E-state index contributed by atoms with van der Waals surface area (Å²) in [5.41, 5.74) is 6.54. The van der Waals surface area contributed by atoms with Crippen molar-refractivity contribution in [2.75, 3.05) is 23.8 Å². The number of nitrogens with one attached hydrogen (secondary N) is 2. The number of hydrogen-bond acceptors (Lipinski definition) is 6. The van der Waals surface area contributed by atoms with E-state index < -0.39 is 49.3 Å². The van der Waals surface area contributed by atoms with E-state index in [9.17, 15) is 28.9 Å². The van der Waals surface area contributed by atoms with E-state index in [1.807, 2.05) is 41.5 Å². The first-order valence-electron chi connectivity index (χ1n) is 15.3. The molecule has 1 aromatic carbocycles. The summed E-state index contributed by atoms with van der Waals surface area (Å²) in [5.74, 6) is -1.99. The van der Waals surface area contributed by atoms with Gasteiger partial charge < -0.3 is 26.4 Å². The lowest BCUT2D eigenvalue weighted by Gasteiger charge is -2.37. The number of anilines is 1. The maximum atomic E-state index is 14.1. The maximum absolute atomic E-state index is 14.1. The molecule has 238 valence electrons. The first kappa shape index (κ1) is 35.9. The van der Waals surface area contributed by atoms with E-state index in [1.54, 1.807) is 30.3 Å². The summed E-state index contributed by atoms with van der Waals surface area (Å²) in [6, 6.07) is 6.06. The SMILES string of the molecule is CC(C)[C@H](N)C(=O)N[C@H](C(=O)N(c1ccccc1)[C@H](C(=O)NC[C@@H](O)CP(=O)(O)CC1CCCCC1)C(C)C)C(C)C. The van der Waals surface area contributed by atoms with E-state index in [-0.39, 0.29) is 42.5 Å². The lowest BCUT2D eigenvalue weighted by atomic mass is 9.91. The number of aliphatic hydroxyl groups is 1. The topological polar surface area (TPSA) is 162 Å². The molecule has 1 aromatic rings. The van der Waals surface area contributed by atoms with Gasteiger partial charge in [-0.25, -0.2) is 0 Å². The molecule has 0 radical (unpaired) electrons. The molecule has 1 fully saturated rings. The molecule has 1 saturated carbocycles. The first-order chi connectivity index (χ1) is 19.6. The van der Waals surface area contributed by atoms with Crippen molar-refractivity contribution in [3.05, 3.63) is 30.3 Å². The molecule has 1 unspecified atom stereocenters. The van der Waals surface area contributed by atoms with Gasteiger partial charge >= 0.3 is 0 Å². The van der Waals surface area contributed by atoms with Crippen molar-refractivity contribution in [2.24, 2.45) is 29.4 Å². The van der Waals surface area contributed by atoms with Gasteiger partial charge in [0.15, 0.2) is 0 Å². The molecule has 0 bridgehead atoms. The molecule has 0 aliphatic heterocycles. The maximum Gasteiger partial charge on any atom is 0.250 e. The standard InChI is InChI=1S/C31H53N4O6P/c1-20(2)26(32)29(37)34-27(21(3)4)31(39)35(24-15-11-8-12-16-24)28(22(5)6)30(38)33-17-25(36)19-42(40,41)18-23-13-9-7-10-14-23/h8,11-12,15-16,20-23,25-28,36H,7,9-10,13-14,17-19,32H2,1-6H3,(H,33,38)(H,34,37)(H,40,41)/t25-,26+,27+,28+/m1/s1. The third-order valence-corrected chi connectivity index (χ3v) is 10.1. The molecular weight excluding hydrogens is 555 g/mol. The van der Waals surface area contributed by atoms with Gasteiger partial charge in [-0.1, -0.05) is 79.0 Å². The van der Waals surface area contributed by atoms with Gasteiger partial charge in [0, 0.05) is 18.4 Å². The van der Waals surface area contributed by atoms with E-state index in [0.29, 0.717) is 5.69 Å². The van der Waals surface area contributed by atoms with Crippen LogP contribution in [0, 0.1) is 23.7 Å². The van der Waals surface area contributed by atoms with Crippen LogP contribution in [0.25, 0.3) is 0 Å². The number of carbonyl (C=O) groups excluding carboxylic acids is 3. The molecule has 3 amide bonds. The van der Waals surface area contributed by atoms with Gasteiger partial charge in [0.2, 0.25) is 19.2 Å². The Bertz CT molecular complexity index is 1060. The quantitative estimate of drug-likeness (QED) is 0.190.